The van der Waals surface area contributed by atoms with Crippen molar-refractivity contribution in [2.45, 2.75) is 19.4 Å². The Kier molecular flexibility index (Phi) is 3.86. The largest absolute Gasteiger partial charge is 0.406 e. The van der Waals surface area contributed by atoms with Gasteiger partial charge in [-0.15, -0.1) is 5.10 Å². The molecule has 18 heavy (non-hydrogen) atoms. The zero-order chi connectivity index (χ0) is 13.2. The van der Waals surface area contributed by atoms with Crippen molar-refractivity contribution in [3.05, 3.63) is 5.89 Å². The minimum Gasteiger partial charge on any atom is -0.406 e. The Morgan fingerprint density at radius 1 is 1.33 bits per heavy atom. The standard InChI is InChI=1S/C10H18N4O3S/c1-8(11-2)9-12-13-10(17-9)14-4-3-6-18(15,16)7-5-14/h8,11H,3-7H2,1-2H3. The van der Waals surface area contributed by atoms with Gasteiger partial charge in [0.05, 0.1) is 17.5 Å². The van der Waals surface area contributed by atoms with Crippen molar-refractivity contribution in [1.29, 1.82) is 0 Å². The zero-order valence-corrected chi connectivity index (χ0v) is 11.4. The molecule has 1 N–H and O–H groups in total. The fourth-order valence-electron chi connectivity index (χ4n) is 1.78. The molecule has 0 aliphatic carbocycles. The molecule has 2 rings (SSSR count). The number of nitrogens with zero attached hydrogens (tertiary/aromatic N) is 3. The van der Waals surface area contributed by atoms with Gasteiger partial charge in [0.25, 0.3) is 0 Å². The SMILES string of the molecule is CNC(C)c1nnc(N2CCCS(=O)(=O)CC2)o1. The highest BCUT2D eigenvalue weighted by Crippen LogP contribution is 2.18. The highest BCUT2D eigenvalue weighted by atomic mass is 32.2. The first-order valence-corrected chi connectivity index (χ1v) is 7.80. The van der Waals surface area contributed by atoms with Crippen LogP contribution in [0.25, 0.3) is 0 Å². The molecular weight excluding hydrogens is 256 g/mol. The lowest BCUT2D eigenvalue weighted by Gasteiger charge is -2.15. The Morgan fingerprint density at radius 2 is 2.11 bits per heavy atom. The minimum atomic E-state index is -2.92. The monoisotopic (exact) mass is 274 g/mol. The van der Waals surface area contributed by atoms with Crippen LogP contribution < -0.4 is 10.2 Å². The number of aromatic nitrogens is 2. The fraction of sp³-hybridized carbons (Fsp3) is 0.800. The summed E-state index contributed by atoms with van der Waals surface area (Å²) >= 11 is 0. The molecule has 1 aromatic rings. The predicted octanol–water partition coefficient (Wildman–Crippen LogP) is -0.0251. The molecule has 0 aromatic carbocycles. The highest BCUT2D eigenvalue weighted by Gasteiger charge is 2.23. The first kappa shape index (κ1) is 13.3. The van der Waals surface area contributed by atoms with E-state index in [-0.39, 0.29) is 17.5 Å². The molecule has 0 saturated carbocycles. The van der Waals surface area contributed by atoms with Crippen LogP contribution in [0.4, 0.5) is 6.01 Å². The maximum absolute atomic E-state index is 11.5. The number of rotatable bonds is 3. The van der Waals surface area contributed by atoms with Gasteiger partial charge in [0.1, 0.15) is 0 Å². The van der Waals surface area contributed by atoms with Crippen LogP contribution in [0, 0.1) is 0 Å². The van der Waals surface area contributed by atoms with Crippen molar-refractivity contribution < 1.29 is 12.8 Å². The quantitative estimate of drug-likeness (QED) is 0.828. The Balaban J connectivity index is 2.09. The number of anilines is 1. The van der Waals surface area contributed by atoms with Crippen molar-refractivity contribution in [3.63, 3.8) is 0 Å². The van der Waals surface area contributed by atoms with Gasteiger partial charge in [-0.25, -0.2) is 8.42 Å². The smallest absolute Gasteiger partial charge is 0.318 e. The van der Waals surface area contributed by atoms with Gasteiger partial charge in [-0.2, -0.15) is 0 Å². The van der Waals surface area contributed by atoms with Gasteiger partial charge in [-0.05, 0) is 20.4 Å². The van der Waals surface area contributed by atoms with E-state index in [0.29, 0.717) is 31.4 Å². The minimum absolute atomic E-state index is 0.0121. The van der Waals surface area contributed by atoms with Crippen LogP contribution >= 0.6 is 0 Å². The van der Waals surface area contributed by atoms with Gasteiger partial charge in [0.15, 0.2) is 9.84 Å². The number of hydrogen-bond acceptors (Lipinski definition) is 7. The summed E-state index contributed by atoms with van der Waals surface area (Å²) in [5.74, 6) is 0.892. The van der Waals surface area contributed by atoms with Gasteiger partial charge in [0.2, 0.25) is 5.89 Å². The van der Waals surface area contributed by atoms with E-state index in [2.05, 4.69) is 15.5 Å². The maximum Gasteiger partial charge on any atom is 0.318 e. The van der Waals surface area contributed by atoms with E-state index >= 15 is 0 Å². The van der Waals surface area contributed by atoms with E-state index in [9.17, 15) is 8.42 Å². The topological polar surface area (TPSA) is 88.3 Å². The van der Waals surface area contributed by atoms with Crippen molar-refractivity contribution in [2.75, 3.05) is 36.5 Å². The van der Waals surface area contributed by atoms with E-state index in [1.54, 1.807) is 0 Å². The van der Waals surface area contributed by atoms with Gasteiger partial charge >= 0.3 is 6.01 Å². The molecule has 1 aliphatic heterocycles. The van der Waals surface area contributed by atoms with E-state index in [0.717, 1.165) is 0 Å². The summed E-state index contributed by atoms with van der Waals surface area (Å²) in [5.41, 5.74) is 0. The zero-order valence-electron chi connectivity index (χ0n) is 10.6. The van der Waals surface area contributed by atoms with E-state index in [1.807, 2.05) is 18.9 Å². The number of nitrogens with one attached hydrogen (secondary N) is 1. The molecular formula is C10H18N4O3S. The molecule has 1 unspecified atom stereocenters. The third-order valence-electron chi connectivity index (χ3n) is 3.06. The van der Waals surface area contributed by atoms with Crippen LogP contribution in [0.15, 0.2) is 4.42 Å². The molecule has 7 nitrogen and oxygen atoms in total. The summed E-state index contributed by atoms with van der Waals surface area (Å²) in [6, 6.07) is 0.395. The molecule has 0 spiro atoms. The van der Waals surface area contributed by atoms with E-state index < -0.39 is 9.84 Å². The summed E-state index contributed by atoms with van der Waals surface area (Å²) in [5, 5.41) is 10.9. The van der Waals surface area contributed by atoms with Crippen LogP contribution in [0.3, 0.4) is 0 Å². The molecule has 2 heterocycles. The number of hydrogen-bond donors (Lipinski definition) is 1. The normalized spacial score (nSPS) is 21.6. The third kappa shape index (κ3) is 2.99. The highest BCUT2D eigenvalue weighted by molar-refractivity contribution is 7.91. The fourth-order valence-corrected chi connectivity index (χ4v) is 3.05. The molecule has 1 aromatic heterocycles. The van der Waals surface area contributed by atoms with E-state index in [4.69, 9.17) is 4.42 Å². The molecule has 1 aliphatic rings. The van der Waals surface area contributed by atoms with Gasteiger partial charge in [0, 0.05) is 13.1 Å². The summed E-state index contributed by atoms with van der Waals surface area (Å²) in [7, 11) is -1.11. The Morgan fingerprint density at radius 3 is 2.83 bits per heavy atom. The molecule has 0 amide bonds. The second-order valence-electron chi connectivity index (χ2n) is 4.43. The predicted molar refractivity (Wildman–Crippen MR) is 67.3 cm³/mol. The van der Waals surface area contributed by atoms with Gasteiger partial charge < -0.3 is 14.6 Å². The molecule has 8 heteroatoms. The van der Waals surface area contributed by atoms with Gasteiger partial charge in [-0.3, -0.25) is 0 Å². The van der Waals surface area contributed by atoms with Crippen LogP contribution in [0.1, 0.15) is 25.3 Å². The van der Waals surface area contributed by atoms with Crippen LogP contribution in [-0.2, 0) is 9.84 Å². The average Bonchev–Trinajstić information content (AvgIpc) is 2.74. The molecule has 102 valence electrons. The van der Waals surface area contributed by atoms with Crippen molar-refractivity contribution in [1.82, 2.24) is 15.5 Å². The maximum atomic E-state index is 11.5. The Hall–Kier alpha value is -1.15. The third-order valence-corrected chi connectivity index (χ3v) is 4.77. The lowest BCUT2D eigenvalue weighted by atomic mass is 10.3. The average molecular weight is 274 g/mol. The second kappa shape index (κ2) is 5.23. The molecule has 1 atom stereocenters. The molecule has 0 bridgehead atoms. The van der Waals surface area contributed by atoms with Crippen molar-refractivity contribution >= 4 is 15.9 Å². The molecule has 0 radical (unpaired) electrons. The van der Waals surface area contributed by atoms with Crippen molar-refractivity contribution in [2.24, 2.45) is 0 Å². The van der Waals surface area contributed by atoms with Crippen LogP contribution in [-0.4, -0.2) is 50.3 Å². The first-order valence-electron chi connectivity index (χ1n) is 5.98. The lowest BCUT2D eigenvalue weighted by molar-refractivity contribution is 0.430. The summed E-state index contributed by atoms with van der Waals surface area (Å²) in [4.78, 5) is 1.84. The number of sulfone groups is 1. The van der Waals surface area contributed by atoms with Gasteiger partial charge in [-0.1, -0.05) is 5.10 Å². The summed E-state index contributed by atoms with van der Waals surface area (Å²) in [6.07, 6.45) is 0.599. The molecule has 1 saturated heterocycles. The summed E-state index contributed by atoms with van der Waals surface area (Å²) in [6.45, 7) is 2.97. The molecule has 1 fully saturated rings. The second-order valence-corrected chi connectivity index (χ2v) is 6.73. The van der Waals surface area contributed by atoms with Crippen LogP contribution in [0.5, 0.6) is 0 Å². The Labute approximate surface area is 106 Å². The summed E-state index contributed by atoms with van der Waals surface area (Å²) < 4.78 is 28.6. The van der Waals surface area contributed by atoms with E-state index in [1.165, 1.54) is 0 Å². The van der Waals surface area contributed by atoms with Crippen LogP contribution in [0.2, 0.25) is 0 Å². The Bertz CT molecular complexity index is 499. The lowest BCUT2D eigenvalue weighted by Crippen LogP contribution is -2.27. The first-order chi connectivity index (χ1) is 8.52. The van der Waals surface area contributed by atoms with Crippen molar-refractivity contribution in [3.8, 4) is 0 Å².